The number of hydrogen-bond acceptors (Lipinski definition) is 4. The van der Waals surface area contributed by atoms with Gasteiger partial charge in [0.1, 0.15) is 12.0 Å². The third-order valence-electron chi connectivity index (χ3n) is 2.74. The zero-order valence-electron chi connectivity index (χ0n) is 11.3. The Morgan fingerprint density at radius 3 is 2.50 bits per heavy atom. The minimum Gasteiger partial charge on any atom is -0.364 e. The summed E-state index contributed by atoms with van der Waals surface area (Å²) in [6.07, 6.45) is 1.46. The fourth-order valence-corrected chi connectivity index (χ4v) is 3.89. The topological polar surface area (TPSA) is 60.2 Å². The summed E-state index contributed by atoms with van der Waals surface area (Å²) in [5.74, 6) is 0.116. The van der Waals surface area contributed by atoms with Crippen molar-refractivity contribution < 1.29 is 12.9 Å². The van der Waals surface area contributed by atoms with Crippen LogP contribution in [0, 0.1) is 5.92 Å². The van der Waals surface area contributed by atoms with E-state index >= 15 is 0 Å². The molecular weight excluding hydrogens is 298 g/mol. The predicted molar refractivity (Wildman–Crippen MR) is 79.3 cm³/mol. The Labute approximate surface area is 123 Å². The van der Waals surface area contributed by atoms with Gasteiger partial charge < -0.3 is 4.52 Å². The van der Waals surface area contributed by atoms with Crippen LogP contribution in [0.25, 0.3) is 11.1 Å². The van der Waals surface area contributed by atoms with Crippen LogP contribution in [0.2, 0.25) is 5.02 Å². The molecule has 0 saturated heterocycles. The fraction of sp³-hybridized carbons (Fsp3) is 0.357. The second-order valence-corrected chi connectivity index (χ2v) is 7.68. The second-order valence-electron chi connectivity index (χ2n) is 5.13. The Bertz CT molecular complexity index is 675. The van der Waals surface area contributed by atoms with Crippen molar-refractivity contribution in [3.63, 3.8) is 0 Å². The van der Waals surface area contributed by atoms with E-state index in [9.17, 15) is 8.42 Å². The molecule has 0 spiro atoms. The lowest BCUT2D eigenvalue weighted by Gasteiger charge is -2.06. The zero-order chi connectivity index (χ0) is 14.8. The Morgan fingerprint density at radius 1 is 1.25 bits per heavy atom. The van der Waals surface area contributed by atoms with E-state index in [0.717, 1.165) is 5.56 Å². The van der Waals surface area contributed by atoms with Crippen molar-refractivity contribution in [2.75, 3.05) is 5.75 Å². The third kappa shape index (κ3) is 3.84. The summed E-state index contributed by atoms with van der Waals surface area (Å²) in [4.78, 5) is 0. The number of sulfone groups is 1. The predicted octanol–water partition coefficient (Wildman–Crippen LogP) is 3.57. The highest BCUT2D eigenvalue weighted by Crippen LogP contribution is 2.26. The monoisotopic (exact) mass is 313 g/mol. The molecular formula is C14H16ClNO3S. The molecule has 2 aromatic rings. The van der Waals surface area contributed by atoms with Crippen molar-refractivity contribution in [3.8, 4) is 11.1 Å². The molecule has 6 heteroatoms. The Balaban J connectivity index is 2.27. The maximum atomic E-state index is 12.0. The molecule has 0 atom stereocenters. The average molecular weight is 314 g/mol. The van der Waals surface area contributed by atoms with Crippen LogP contribution >= 0.6 is 11.6 Å². The van der Waals surface area contributed by atoms with Gasteiger partial charge in [0.15, 0.2) is 9.84 Å². The van der Waals surface area contributed by atoms with Gasteiger partial charge in [-0.2, -0.15) is 0 Å². The highest BCUT2D eigenvalue weighted by atomic mass is 35.5. The SMILES string of the molecule is CC(C)CS(=O)(=O)Cc1nocc1-c1ccc(Cl)cc1. The van der Waals surface area contributed by atoms with Crippen molar-refractivity contribution in [1.29, 1.82) is 0 Å². The van der Waals surface area contributed by atoms with Crippen LogP contribution < -0.4 is 0 Å². The summed E-state index contributed by atoms with van der Waals surface area (Å²) >= 11 is 5.84. The maximum absolute atomic E-state index is 12.0. The van der Waals surface area contributed by atoms with Crippen LogP contribution in [-0.4, -0.2) is 19.3 Å². The van der Waals surface area contributed by atoms with Gasteiger partial charge in [-0.05, 0) is 23.6 Å². The number of benzene rings is 1. The molecule has 0 bridgehead atoms. The summed E-state index contributed by atoms with van der Waals surface area (Å²) in [7, 11) is -3.19. The first kappa shape index (κ1) is 15.1. The van der Waals surface area contributed by atoms with Crippen LogP contribution in [0.4, 0.5) is 0 Å². The molecule has 4 nitrogen and oxygen atoms in total. The van der Waals surface area contributed by atoms with E-state index in [2.05, 4.69) is 5.16 Å². The molecule has 0 aliphatic heterocycles. The molecule has 1 aromatic heterocycles. The highest BCUT2D eigenvalue weighted by Gasteiger charge is 2.20. The number of halogens is 1. The van der Waals surface area contributed by atoms with E-state index in [1.807, 2.05) is 26.0 Å². The van der Waals surface area contributed by atoms with Gasteiger partial charge >= 0.3 is 0 Å². The molecule has 0 saturated carbocycles. The van der Waals surface area contributed by atoms with Crippen molar-refractivity contribution >= 4 is 21.4 Å². The Kier molecular flexibility index (Phi) is 4.50. The molecule has 0 N–H and O–H groups in total. The summed E-state index contributed by atoms with van der Waals surface area (Å²) in [5.41, 5.74) is 1.97. The first-order valence-corrected chi connectivity index (χ1v) is 8.47. The van der Waals surface area contributed by atoms with Gasteiger partial charge in [-0.15, -0.1) is 0 Å². The first-order valence-electron chi connectivity index (χ1n) is 6.27. The highest BCUT2D eigenvalue weighted by molar-refractivity contribution is 7.90. The van der Waals surface area contributed by atoms with Crippen LogP contribution in [0.15, 0.2) is 35.1 Å². The van der Waals surface area contributed by atoms with E-state index in [-0.39, 0.29) is 17.4 Å². The van der Waals surface area contributed by atoms with Crippen molar-refractivity contribution in [3.05, 3.63) is 41.2 Å². The lowest BCUT2D eigenvalue weighted by atomic mass is 10.1. The standard InChI is InChI=1S/C14H16ClNO3S/c1-10(2)8-20(17,18)9-14-13(7-19-16-14)11-3-5-12(15)6-4-11/h3-7,10H,8-9H2,1-2H3. The lowest BCUT2D eigenvalue weighted by molar-refractivity contribution is 0.414. The van der Waals surface area contributed by atoms with Crippen LogP contribution in [-0.2, 0) is 15.6 Å². The molecule has 0 aliphatic carbocycles. The van der Waals surface area contributed by atoms with Gasteiger partial charge in [0.2, 0.25) is 0 Å². The smallest absolute Gasteiger partial charge is 0.156 e. The van der Waals surface area contributed by atoms with E-state index in [1.165, 1.54) is 6.26 Å². The molecule has 0 fully saturated rings. The Hall–Kier alpha value is -1.33. The quantitative estimate of drug-likeness (QED) is 0.846. The van der Waals surface area contributed by atoms with Gasteiger partial charge in [0.25, 0.3) is 0 Å². The van der Waals surface area contributed by atoms with Crippen LogP contribution in [0.1, 0.15) is 19.5 Å². The fourth-order valence-electron chi connectivity index (χ4n) is 2.00. The van der Waals surface area contributed by atoms with Crippen molar-refractivity contribution in [2.45, 2.75) is 19.6 Å². The summed E-state index contributed by atoms with van der Waals surface area (Å²) in [6.45, 7) is 3.75. The lowest BCUT2D eigenvalue weighted by Crippen LogP contribution is -2.14. The molecule has 1 aromatic carbocycles. The minimum absolute atomic E-state index is 0.0888. The summed E-state index contributed by atoms with van der Waals surface area (Å²) < 4.78 is 29.0. The molecule has 20 heavy (non-hydrogen) atoms. The maximum Gasteiger partial charge on any atom is 0.156 e. The zero-order valence-corrected chi connectivity index (χ0v) is 12.9. The third-order valence-corrected chi connectivity index (χ3v) is 4.88. The molecule has 0 radical (unpaired) electrons. The number of rotatable bonds is 5. The van der Waals surface area contributed by atoms with E-state index in [1.54, 1.807) is 12.1 Å². The van der Waals surface area contributed by atoms with Crippen molar-refractivity contribution in [1.82, 2.24) is 5.16 Å². The van der Waals surface area contributed by atoms with Crippen LogP contribution in [0.3, 0.4) is 0 Å². The van der Waals surface area contributed by atoms with Gasteiger partial charge in [0.05, 0.1) is 11.5 Å². The van der Waals surface area contributed by atoms with Gasteiger partial charge in [-0.3, -0.25) is 0 Å². The van der Waals surface area contributed by atoms with E-state index in [0.29, 0.717) is 16.3 Å². The molecule has 1 heterocycles. The summed E-state index contributed by atoms with van der Waals surface area (Å²) in [6, 6.07) is 7.12. The molecule has 0 unspecified atom stereocenters. The van der Waals surface area contributed by atoms with E-state index in [4.69, 9.17) is 16.1 Å². The molecule has 2 rings (SSSR count). The van der Waals surface area contributed by atoms with E-state index < -0.39 is 9.84 Å². The minimum atomic E-state index is -3.19. The number of aromatic nitrogens is 1. The number of nitrogens with zero attached hydrogens (tertiary/aromatic N) is 1. The normalized spacial score (nSPS) is 12.0. The van der Waals surface area contributed by atoms with Gasteiger partial charge in [-0.1, -0.05) is 42.7 Å². The van der Waals surface area contributed by atoms with Gasteiger partial charge in [-0.25, -0.2) is 8.42 Å². The first-order chi connectivity index (χ1) is 9.37. The Morgan fingerprint density at radius 2 is 1.90 bits per heavy atom. The largest absolute Gasteiger partial charge is 0.364 e. The molecule has 108 valence electrons. The van der Waals surface area contributed by atoms with Crippen LogP contribution in [0.5, 0.6) is 0 Å². The average Bonchev–Trinajstić information content (AvgIpc) is 2.75. The molecule has 0 aliphatic rings. The summed E-state index contributed by atoms with van der Waals surface area (Å²) in [5, 5.41) is 4.44. The second kappa shape index (κ2) is 5.97. The molecule has 0 amide bonds. The number of hydrogen-bond donors (Lipinski definition) is 0. The van der Waals surface area contributed by atoms with Crippen molar-refractivity contribution in [2.24, 2.45) is 5.92 Å². The van der Waals surface area contributed by atoms with Gasteiger partial charge in [0, 0.05) is 10.6 Å².